The molecule has 0 atom stereocenters. The molecule has 0 aliphatic rings. The van der Waals surface area contributed by atoms with Gasteiger partial charge in [-0.3, -0.25) is 4.79 Å². The fraction of sp³-hybridized carbons (Fsp3) is 0.188. The lowest BCUT2D eigenvalue weighted by Gasteiger charge is -2.08. The Bertz CT molecular complexity index is 787. The molecule has 7 heteroatoms. The molecule has 0 aliphatic heterocycles. The number of hydrogen-bond acceptors (Lipinski definition) is 6. The summed E-state index contributed by atoms with van der Waals surface area (Å²) < 4.78 is 15.2. The van der Waals surface area contributed by atoms with E-state index in [0.29, 0.717) is 22.8 Å². The summed E-state index contributed by atoms with van der Waals surface area (Å²) in [4.78, 5) is 12.1. The Morgan fingerprint density at radius 1 is 1.30 bits per heavy atom. The molecule has 1 heterocycles. The zero-order chi connectivity index (χ0) is 16.8. The van der Waals surface area contributed by atoms with Gasteiger partial charge in [0.05, 0.1) is 14.2 Å². The Morgan fingerprint density at radius 2 is 2.04 bits per heavy atom. The highest BCUT2D eigenvalue weighted by Crippen LogP contribution is 2.28. The molecule has 0 spiro atoms. The van der Waals surface area contributed by atoms with Crippen molar-refractivity contribution in [3.8, 4) is 17.6 Å². The van der Waals surface area contributed by atoms with E-state index in [4.69, 9.17) is 14.0 Å². The molecule has 23 heavy (non-hydrogen) atoms. The smallest absolute Gasteiger partial charge is 0.267 e. The van der Waals surface area contributed by atoms with E-state index >= 15 is 0 Å². The normalized spacial score (nSPS) is 10.8. The van der Waals surface area contributed by atoms with Crippen LogP contribution in [0.15, 0.2) is 34.4 Å². The van der Waals surface area contributed by atoms with E-state index in [9.17, 15) is 10.1 Å². The summed E-state index contributed by atoms with van der Waals surface area (Å²) in [5.74, 6) is 1.30. The predicted octanol–water partition coefficient (Wildman–Crippen LogP) is 2.55. The van der Waals surface area contributed by atoms with Crippen LogP contribution >= 0.6 is 0 Å². The molecule has 0 radical (unpaired) electrons. The van der Waals surface area contributed by atoms with Crippen LogP contribution < -0.4 is 14.8 Å². The standard InChI is InChI=1S/C16H15N3O4/c1-10-6-15(19-23-10)18-16(20)12(9-17)7-11-4-5-13(21-2)14(8-11)22-3/h4-8H,1-3H3,(H,18,19,20)/b12-7-. The summed E-state index contributed by atoms with van der Waals surface area (Å²) in [6, 6.07) is 8.50. The first-order valence-electron chi connectivity index (χ1n) is 6.66. The van der Waals surface area contributed by atoms with Crippen molar-refractivity contribution in [3.05, 3.63) is 41.2 Å². The average molecular weight is 313 g/mol. The topological polar surface area (TPSA) is 97.4 Å². The number of carbonyl (C=O) groups excluding carboxylic acids is 1. The second kappa shape index (κ2) is 7.13. The molecular weight excluding hydrogens is 298 g/mol. The lowest BCUT2D eigenvalue weighted by Crippen LogP contribution is -2.13. The van der Waals surface area contributed by atoms with Gasteiger partial charge >= 0.3 is 0 Å². The van der Waals surface area contributed by atoms with Gasteiger partial charge in [0.1, 0.15) is 17.4 Å². The third kappa shape index (κ3) is 3.89. The van der Waals surface area contributed by atoms with Crippen LogP contribution in [0.4, 0.5) is 5.82 Å². The number of amides is 1. The molecule has 1 aromatic carbocycles. The van der Waals surface area contributed by atoms with Gasteiger partial charge in [-0.2, -0.15) is 5.26 Å². The monoisotopic (exact) mass is 313 g/mol. The summed E-state index contributed by atoms with van der Waals surface area (Å²) in [6.45, 7) is 1.70. The minimum Gasteiger partial charge on any atom is -0.493 e. The molecule has 0 fully saturated rings. The third-order valence-corrected chi connectivity index (χ3v) is 2.95. The van der Waals surface area contributed by atoms with Crippen LogP contribution in [0.2, 0.25) is 0 Å². The van der Waals surface area contributed by atoms with Gasteiger partial charge in [-0.1, -0.05) is 11.2 Å². The lowest BCUT2D eigenvalue weighted by molar-refractivity contribution is -0.112. The largest absolute Gasteiger partial charge is 0.493 e. The molecule has 0 bridgehead atoms. The van der Waals surface area contributed by atoms with Crippen LogP contribution in [0, 0.1) is 18.3 Å². The summed E-state index contributed by atoms with van der Waals surface area (Å²) in [6.07, 6.45) is 1.45. The van der Waals surface area contributed by atoms with Crippen LogP contribution in [0.1, 0.15) is 11.3 Å². The Morgan fingerprint density at radius 3 is 2.61 bits per heavy atom. The van der Waals surface area contributed by atoms with Gasteiger partial charge in [-0.15, -0.1) is 0 Å². The number of nitrogens with zero attached hydrogens (tertiary/aromatic N) is 2. The van der Waals surface area contributed by atoms with E-state index < -0.39 is 5.91 Å². The molecule has 2 rings (SSSR count). The van der Waals surface area contributed by atoms with Crippen LogP contribution in [0.5, 0.6) is 11.5 Å². The van der Waals surface area contributed by atoms with E-state index in [1.165, 1.54) is 20.3 Å². The number of hydrogen-bond donors (Lipinski definition) is 1. The van der Waals surface area contributed by atoms with E-state index in [0.717, 1.165) is 0 Å². The van der Waals surface area contributed by atoms with Crippen molar-refractivity contribution in [2.75, 3.05) is 19.5 Å². The molecule has 2 aromatic rings. The quantitative estimate of drug-likeness (QED) is 0.673. The van der Waals surface area contributed by atoms with Gasteiger partial charge in [0, 0.05) is 6.07 Å². The zero-order valence-electron chi connectivity index (χ0n) is 12.9. The van der Waals surface area contributed by atoms with Crippen molar-refractivity contribution in [2.24, 2.45) is 0 Å². The predicted molar refractivity (Wildman–Crippen MR) is 83.0 cm³/mol. The van der Waals surface area contributed by atoms with Crippen LogP contribution in [0.3, 0.4) is 0 Å². The fourth-order valence-electron chi connectivity index (χ4n) is 1.87. The maximum absolute atomic E-state index is 12.1. The van der Waals surface area contributed by atoms with Crippen molar-refractivity contribution < 1.29 is 18.8 Å². The summed E-state index contributed by atoms with van der Waals surface area (Å²) in [5, 5.41) is 15.3. The summed E-state index contributed by atoms with van der Waals surface area (Å²) in [7, 11) is 3.04. The number of anilines is 1. The molecule has 1 aromatic heterocycles. The van der Waals surface area contributed by atoms with Gasteiger partial charge in [-0.25, -0.2) is 0 Å². The van der Waals surface area contributed by atoms with Crippen LogP contribution in [0.25, 0.3) is 6.08 Å². The summed E-state index contributed by atoms with van der Waals surface area (Å²) in [5.41, 5.74) is 0.559. The van der Waals surface area contributed by atoms with Gasteiger partial charge in [0.25, 0.3) is 5.91 Å². The Kier molecular flexibility index (Phi) is 5.00. The van der Waals surface area contributed by atoms with E-state index in [2.05, 4.69) is 10.5 Å². The van der Waals surface area contributed by atoms with Crippen LogP contribution in [-0.2, 0) is 4.79 Å². The van der Waals surface area contributed by atoms with E-state index in [1.807, 2.05) is 6.07 Å². The number of rotatable bonds is 5. The SMILES string of the molecule is COc1ccc(/C=C(/C#N)C(=O)Nc2cc(C)on2)cc1OC. The van der Waals surface area contributed by atoms with Crippen molar-refractivity contribution in [3.63, 3.8) is 0 Å². The number of aryl methyl sites for hydroxylation is 1. The van der Waals surface area contributed by atoms with E-state index in [-0.39, 0.29) is 11.4 Å². The van der Waals surface area contributed by atoms with Crippen LogP contribution in [-0.4, -0.2) is 25.3 Å². The van der Waals surface area contributed by atoms with Gasteiger partial charge < -0.3 is 19.3 Å². The third-order valence-electron chi connectivity index (χ3n) is 2.95. The first-order chi connectivity index (χ1) is 11.1. The molecule has 118 valence electrons. The zero-order valence-corrected chi connectivity index (χ0v) is 12.9. The average Bonchev–Trinajstić information content (AvgIpc) is 2.97. The van der Waals surface area contributed by atoms with E-state index in [1.54, 1.807) is 31.2 Å². The Hall–Kier alpha value is -3.27. The van der Waals surface area contributed by atoms with Gasteiger partial charge in [-0.05, 0) is 30.7 Å². The molecule has 0 saturated carbocycles. The fourth-order valence-corrected chi connectivity index (χ4v) is 1.87. The Balaban J connectivity index is 2.24. The number of ether oxygens (including phenoxy) is 2. The molecule has 1 amide bonds. The van der Waals surface area contributed by atoms with Gasteiger partial charge in [0.15, 0.2) is 17.3 Å². The first kappa shape index (κ1) is 16.1. The van der Waals surface area contributed by atoms with Gasteiger partial charge in [0.2, 0.25) is 0 Å². The highest BCUT2D eigenvalue weighted by Gasteiger charge is 2.12. The molecule has 0 unspecified atom stereocenters. The number of aromatic nitrogens is 1. The van der Waals surface area contributed by atoms with Crippen molar-refractivity contribution in [1.82, 2.24) is 5.16 Å². The number of carbonyl (C=O) groups is 1. The number of methoxy groups -OCH3 is 2. The first-order valence-corrected chi connectivity index (χ1v) is 6.66. The maximum atomic E-state index is 12.1. The number of nitrogens with one attached hydrogen (secondary N) is 1. The molecule has 1 N–H and O–H groups in total. The minimum atomic E-state index is -0.574. The van der Waals surface area contributed by atoms with Crippen molar-refractivity contribution >= 4 is 17.8 Å². The second-order valence-electron chi connectivity index (χ2n) is 4.56. The Labute approximate surface area is 133 Å². The van der Waals surface area contributed by atoms with Crippen molar-refractivity contribution in [1.29, 1.82) is 5.26 Å². The lowest BCUT2D eigenvalue weighted by atomic mass is 10.1. The molecule has 0 aliphatic carbocycles. The minimum absolute atomic E-state index is 0.0714. The van der Waals surface area contributed by atoms with Crippen molar-refractivity contribution in [2.45, 2.75) is 6.92 Å². The number of benzene rings is 1. The molecule has 7 nitrogen and oxygen atoms in total. The summed E-state index contributed by atoms with van der Waals surface area (Å²) >= 11 is 0. The molecule has 0 saturated heterocycles. The molecular formula is C16H15N3O4. The maximum Gasteiger partial charge on any atom is 0.267 e. The highest BCUT2D eigenvalue weighted by molar-refractivity contribution is 6.09. The number of nitriles is 1. The highest BCUT2D eigenvalue weighted by atomic mass is 16.5. The second-order valence-corrected chi connectivity index (χ2v) is 4.56.